The zero-order valence-electron chi connectivity index (χ0n) is 17.4. The smallest absolute Gasteiger partial charge is 0.344 e. The predicted molar refractivity (Wildman–Crippen MR) is 115 cm³/mol. The second-order valence-electron chi connectivity index (χ2n) is 7.26. The molecule has 8 nitrogen and oxygen atoms in total. The Labute approximate surface area is 182 Å². The first-order valence-electron chi connectivity index (χ1n) is 10.1. The maximum atomic E-state index is 13.0. The molecule has 0 saturated carbocycles. The van der Waals surface area contributed by atoms with Crippen molar-refractivity contribution in [3.8, 4) is 5.75 Å². The van der Waals surface area contributed by atoms with Crippen LogP contribution in [0.1, 0.15) is 24.8 Å². The number of esters is 1. The number of para-hydroxylation sites is 1. The summed E-state index contributed by atoms with van der Waals surface area (Å²) in [4.78, 5) is 24.1. The number of anilines is 1. The summed E-state index contributed by atoms with van der Waals surface area (Å²) in [6, 6.07) is 13.5. The van der Waals surface area contributed by atoms with Gasteiger partial charge in [0.05, 0.1) is 4.90 Å². The van der Waals surface area contributed by atoms with Gasteiger partial charge in [-0.15, -0.1) is 0 Å². The Morgan fingerprint density at radius 3 is 2.42 bits per heavy atom. The minimum atomic E-state index is -3.63. The first-order valence-corrected chi connectivity index (χ1v) is 11.5. The highest BCUT2D eigenvalue weighted by Crippen LogP contribution is 2.26. The number of carbonyl (C=O) groups is 2. The van der Waals surface area contributed by atoms with Gasteiger partial charge in [0.25, 0.3) is 5.91 Å². The number of rotatable bonds is 8. The number of aryl methyl sites for hydroxylation is 1. The van der Waals surface area contributed by atoms with Gasteiger partial charge in [0, 0.05) is 18.8 Å². The molecule has 0 unspecified atom stereocenters. The minimum absolute atomic E-state index is 0.167. The maximum absolute atomic E-state index is 13.0. The number of carbonyl (C=O) groups excluding carboxylic acids is 2. The molecule has 0 aliphatic carbocycles. The lowest BCUT2D eigenvalue weighted by atomic mass is 10.2. The SMILES string of the molecule is Cc1ccc(NC(=O)COC(=O)COc2ccccc2)cc1S(=O)(=O)N1CCCCC1. The fourth-order valence-corrected chi connectivity index (χ4v) is 5.01. The Bertz CT molecular complexity index is 1020. The Hall–Kier alpha value is -2.91. The van der Waals surface area contributed by atoms with Crippen LogP contribution in [0.2, 0.25) is 0 Å². The summed E-state index contributed by atoms with van der Waals surface area (Å²) in [7, 11) is -3.63. The minimum Gasteiger partial charge on any atom is -0.482 e. The van der Waals surface area contributed by atoms with E-state index in [9.17, 15) is 18.0 Å². The summed E-state index contributed by atoms with van der Waals surface area (Å²) in [6.07, 6.45) is 2.71. The van der Waals surface area contributed by atoms with Gasteiger partial charge in [-0.1, -0.05) is 30.7 Å². The number of nitrogens with zero attached hydrogens (tertiary/aromatic N) is 1. The van der Waals surface area contributed by atoms with Crippen molar-refractivity contribution in [2.75, 3.05) is 31.6 Å². The third-order valence-corrected chi connectivity index (χ3v) is 6.91. The summed E-state index contributed by atoms with van der Waals surface area (Å²) in [5.74, 6) is -0.736. The molecule has 31 heavy (non-hydrogen) atoms. The molecule has 1 heterocycles. The molecule has 3 rings (SSSR count). The van der Waals surface area contributed by atoms with Gasteiger partial charge in [-0.3, -0.25) is 4.79 Å². The van der Waals surface area contributed by atoms with Crippen molar-refractivity contribution in [3.63, 3.8) is 0 Å². The Kier molecular flexibility index (Phi) is 7.64. The number of sulfonamides is 1. The molecule has 1 aliphatic heterocycles. The van der Waals surface area contributed by atoms with Crippen molar-refractivity contribution >= 4 is 27.6 Å². The summed E-state index contributed by atoms with van der Waals surface area (Å²) in [6.45, 7) is 1.90. The zero-order valence-corrected chi connectivity index (χ0v) is 18.2. The van der Waals surface area contributed by atoms with E-state index < -0.39 is 28.5 Å². The second-order valence-corrected chi connectivity index (χ2v) is 9.16. The van der Waals surface area contributed by atoms with E-state index >= 15 is 0 Å². The zero-order chi connectivity index (χ0) is 22.3. The highest BCUT2D eigenvalue weighted by atomic mass is 32.2. The molecule has 0 atom stereocenters. The van der Waals surface area contributed by atoms with Crippen LogP contribution in [0.5, 0.6) is 5.75 Å². The van der Waals surface area contributed by atoms with Gasteiger partial charge < -0.3 is 14.8 Å². The molecule has 0 aromatic heterocycles. The average Bonchev–Trinajstić information content (AvgIpc) is 2.78. The molecule has 0 spiro atoms. The lowest BCUT2D eigenvalue weighted by molar-refractivity contribution is -0.149. The normalized spacial score (nSPS) is 14.6. The first kappa shape index (κ1) is 22.8. The van der Waals surface area contributed by atoms with E-state index in [2.05, 4.69) is 5.32 Å². The second kappa shape index (κ2) is 10.4. The van der Waals surface area contributed by atoms with Crippen LogP contribution in [0.25, 0.3) is 0 Å². The number of amides is 1. The molecule has 1 saturated heterocycles. The van der Waals surface area contributed by atoms with Crippen LogP contribution < -0.4 is 10.1 Å². The van der Waals surface area contributed by atoms with Gasteiger partial charge in [0.2, 0.25) is 10.0 Å². The van der Waals surface area contributed by atoms with E-state index in [0.717, 1.165) is 19.3 Å². The average molecular weight is 447 g/mol. The van der Waals surface area contributed by atoms with E-state index in [4.69, 9.17) is 9.47 Å². The van der Waals surface area contributed by atoms with Crippen molar-refractivity contribution in [1.29, 1.82) is 0 Å². The van der Waals surface area contributed by atoms with E-state index in [1.165, 1.54) is 10.4 Å². The monoisotopic (exact) mass is 446 g/mol. The fourth-order valence-electron chi connectivity index (χ4n) is 3.24. The van der Waals surface area contributed by atoms with E-state index in [0.29, 0.717) is 30.1 Å². The van der Waals surface area contributed by atoms with Crippen LogP contribution in [0.4, 0.5) is 5.69 Å². The molecule has 166 valence electrons. The summed E-state index contributed by atoms with van der Waals surface area (Å²) < 4.78 is 37.6. The van der Waals surface area contributed by atoms with Gasteiger partial charge in [0.1, 0.15) is 5.75 Å². The highest BCUT2D eigenvalue weighted by Gasteiger charge is 2.27. The molecule has 1 amide bonds. The third kappa shape index (κ3) is 6.28. The summed E-state index contributed by atoms with van der Waals surface area (Å²) in [5, 5.41) is 2.57. The first-order chi connectivity index (χ1) is 14.9. The predicted octanol–water partition coefficient (Wildman–Crippen LogP) is 2.73. The largest absolute Gasteiger partial charge is 0.482 e. The number of hydrogen-bond acceptors (Lipinski definition) is 6. The summed E-state index contributed by atoms with van der Waals surface area (Å²) in [5.41, 5.74) is 0.927. The molecule has 1 N–H and O–H groups in total. The molecule has 2 aromatic carbocycles. The van der Waals surface area contributed by atoms with Crippen molar-refractivity contribution in [3.05, 3.63) is 54.1 Å². The van der Waals surface area contributed by atoms with Crippen LogP contribution in [0, 0.1) is 6.92 Å². The fraction of sp³-hybridized carbons (Fsp3) is 0.364. The van der Waals surface area contributed by atoms with Crippen LogP contribution in [-0.2, 0) is 24.3 Å². The van der Waals surface area contributed by atoms with Gasteiger partial charge in [-0.2, -0.15) is 4.31 Å². The molecule has 9 heteroatoms. The van der Waals surface area contributed by atoms with E-state index in [-0.39, 0.29) is 11.5 Å². The standard InChI is InChI=1S/C22H26N2O6S/c1-17-10-11-18(14-20(17)31(27,28)24-12-6-3-7-13-24)23-21(25)15-30-22(26)16-29-19-8-4-2-5-9-19/h2,4-5,8-11,14H,3,6-7,12-13,15-16H2,1H3,(H,23,25). The molecular formula is C22H26N2O6S. The number of ether oxygens (including phenoxy) is 2. The van der Waals surface area contributed by atoms with Crippen LogP contribution in [0.15, 0.2) is 53.4 Å². The number of benzene rings is 2. The molecule has 2 aromatic rings. The van der Waals surface area contributed by atoms with Crippen LogP contribution >= 0.6 is 0 Å². The molecule has 1 aliphatic rings. The molecule has 1 fully saturated rings. The lowest BCUT2D eigenvalue weighted by Crippen LogP contribution is -2.36. The van der Waals surface area contributed by atoms with Gasteiger partial charge in [-0.25, -0.2) is 13.2 Å². The van der Waals surface area contributed by atoms with E-state index in [1.807, 2.05) is 6.07 Å². The Balaban J connectivity index is 1.55. The Morgan fingerprint density at radius 2 is 1.71 bits per heavy atom. The molecule has 0 bridgehead atoms. The van der Waals surface area contributed by atoms with Crippen LogP contribution in [-0.4, -0.2) is 50.9 Å². The van der Waals surface area contributed by atoms with Gasteiger partial charge >= 0.3 is 5.97 Å². The number of hydrogen-bond donors (Lipinski definition) is 1. The number of nitrogens with one attached hydrogen (secondary N) is 1. The highest BCUT2D eigenvalue weighted by molar-refractivity contribution is 7.89. The lowest BCUT2D eigenvalue weighted by Gasteiger charge is -2.26. The van der Waals surface area contributed by atoms with Gasteiger partial charge in [0.15, 0.2) is 13.2 Å². The van der Waals surface area contributed by atoms with Crippen LogP contribution in [0.3, 0.4) is 0 Å². The molecule has 0 radical (unpaired) electrons. The van der Waals surface area contributed by atoms with Gasteiger partial charge in [-0.05, 0) is 49.6 Å². The van der Waals surface area contributed by atoms with Crippen molar-refractivity contribution in [2.45, 2.75) is 31.1 Å². The Morgan fingerprint density at radius 1 is 1.00 bits per heavy atom. The topological polar surface area (TPSA) is 102 Å². The number of piperidine rings is 1. The third-order valence-electron chi connectivity index (χ3n) is 4.87. The quantitative estimate of drug-likeness (QED) is 0.626. The van der Waals surface area contributed by atoms with Crippen molar-refractivity contribution in [1.82, 2.24) is 4.31 Å². The van der Waals surface area contributed by atoms with E-state index in [1.54, 1.807) is 43.3 Å². The maximum Gasteiger partial charge on any atom is 0.344 e. The summed E-state index contributed by atoms with van der Waals surface area (Å²) >= 11 is 0. The van der Waals surface area contributed by atoms with Crippen molar-refractivity contribution < 1.29 is 27.5 Å². The molecular weight excluding hydrogens is 420 g/mol. The van der Waals surface area contributed by atoms with Crippen molar-refractivity contribution in [2.24, 2.45) is 0 Å².